The molecule has 0 radical (unpaired) electrons. The Morgan fingerprint density at radius 2 is 1.06 bits per heavy atom. The number of hydrogen-bond acceptors (Lipinski definition) is 4. The lowest BCUT2D eigenvalue weighted by atomic mass is 9.96. The number of para-hydroxylation sites is 1. The van der Waals surface area contributed by atoms with Crippen molar-refractivity contribution >= 4 is 92.4 Å². The van der Waals surface area contributed by atoms with Crippen LogP contribution in [0, 0.1) is 0 Å². The fourth-order valence-electron chi connectivity index (χ4n) is 7.89. The third-order valence-electron chi connectivity index (χ3n) is 10.3. The molecule has 244 valence electrons. The van der Waals surface area contributed by atoms with Crippen molar-refractivity contribution in [3.05, 3.63) is 176 Å². The van der Waals surface area contributed by atoms with Crippen molar-refractivity contribution in [2.75, 3.05) is 4.90 Å². The lowest BCUT2D eigenvalue weighted by molar-refractivity contribution is 0.664. The van der Waals surface area contributed by atoms with E-state index < -0.39 is 0 Å². The van der Waals surface area contributed by atoms with E-state index in [0.29, 0.717) is 0 Å². The van der Waals surface area contributed by atoms with Crippen LogP contribution in [-0.4, -0.2) is 0 Å². The Balaban J connectivity index is 1.17. The number of hydrogen-bond donors (Lipinski definition) is 0. The molecule has 0 saturated carbocycles. The maximum absolute atomic E-state index is 6.83. The molecule has 3 nitrogen and oxygen atoms in total. The van der Waals surface area contributed by atoms with Crippen LogP contribution < -0.4 is 4.90 Å². The number of nitrogens with zero attached hydrogens (tertiary/aromatic N) is 1. The summed E-state index contributed by atoms with van der Waals surface area (Å²) < 4.78 is 15.9. The molecule has 3 aromatic heterocycles. The van der Waals surface area contributed by atoms with Crippen molar-refractivity contribution in [1.82, 2.24) is 0 Å². The molecule has 0 aliphatic rings. The van der Waals surface area contributed by atoms with Crippen molar-refractivity contribution in [1.29, 1.82) is 0 Å². The highest BCUT2D eigenvalue weighted by Gasteiger charge is 2.23. The van der Waals surface area contributed by atoms with Gasteiger partial charge in [-0.05, 0) is 71.3 Å². The Bertz CT molecular complexity index is 3120. The van der Waals surface area contributed by atoms with E-state index in [1.165, 1.54) is 31.3 Å². The molecular weight excluding hydrogens is 655 g/mol. The van der Waals surface area contributed by atoms with Crippen molar-refractivity contribution in [2.24, 2.45) is 0 Å². The summed E-state index contributed by atoms with van der Waals surface area (Å²) in [5.41, 5.74) is 11.2. The Hall–Kier alpha value is -6.62. The smallest absolute Gasteiger partial charge is 0.144 e. The first-order valence-electron chi connectivity index (χ1n) is 17.5. The molecule has 8 aromatic carbocycles. The van der Waals surface area contributed by atoms with Gasteiger partial charge in [0.25, 0.3) is 0 Å². The van der Waals surface area contributed by atoms with Gasteiger partial charge in [-0.15, -0.1) is 11.3 Å². The number of anilines is 3. The Labute approximate surface area is 303 Å². The van der Waals surface area contributed by atoms with E-state index >= 15 is 0 Å². The summed E-state index contributed by atoms with van der Waals surface area (Å²) in [6, 6.07) is 62.4. The first-order valence-corrected chi connectivity index (χ1v) is 18.3. The van der Waals surface area contributed by atoms with E-state index in [1.807, 2.05) is 23.5 Å². The quantitative estimate of drug-likeness (QED) is 0.181. The zero-order chi connectivity index (χ0) is 34.2. The van der Waals surface area contributed by atoms with Gasteiger partial charge < -0.3 is 13.7 Å². The van der Waals surface area contributed by atoms with Crippen LogP contribution in [0.4, 0.5) is 17.1 Å². The third kappa shape index (κ3) is 4.45. The first kappa shape index (κ1) is 29.1. The van der Waals surface area contributed by atoms with Crippen molar-refractivity contribution in [3.8, 4) is 22.3 Å². The zero-order valence-corrected chi connectivity index (χ0v) is 28.7. The molecule has 0 saturated heterocycles. The molecule has 0 N–H and O–H groups in total. The van der Waals surface area contributed by atoms with Crippen LogP contribution in [0.5, 0.6) is 0 Å². The van der Waals surface area contributed by atoms with Crippen LogP contribution in [0.1, 0.15) is 0 Å². The summed E-state index contributed by atoms with van der Waals surface area (Å²) in [5, 5.41) is 6.77. The Morgan fingerprint density at radius 3 is 1.88 bits per heavy atom. The van der Waals surface area contributed by atoms with Crippen LogP contribution in [0.15, 0.2) is 185 Å². The highest BCUT2D eigenvalue weighted by atomic mass is 32.1. The number of benzene rings is 8. The zero-order valence-electron chi connectivity index (χ0n) is 27.9. The van der Waals surface area contributed by atoms with Crippen LogP contribution >= 0.6 is 11.3 Å². The molecule has 0 spiro atoms. The Morgan fingerprint density at radius 1 is 0.404 bits per heavy atom. The summed E-state index contributed by atoms with van der Waals surface area (Å²) in [4.78, 5) is 2.39. The SMILES string of the molecule is c1ccc(-c2ccc(N(c3ccc4oc5c(-c6ccccc6)c6c(cc5c4c3)oc3ccccc36)c3cccc4c3sc3ccccc34)cc2)cc1. The molecule has 0 bridgehead atoms. The van der Waals surface area contributed by atoms with Crippen molar-refractivity contribution in [2.45, 2.75) is 0 Å². The minimum absolute atomic E-state index is 0.840. The Kier molecular flexibility index (Phi) is 6.42. The second-order valence-corrected chi connectivity index (χ2v) is 14.3. The molecule has 11 aromatic rings. The van der Waals surface area contributed by atoms with Crippen LogP contribution in [0.25, 0.3) is 86.3 Å². The highest BCUT2D eigenvalue weighted by molar-refractivity contribution is 7.26. The van der Waals surface area contributed by atoms with Gasteiger partial charge in [0.2, 0.25) is 0 Å². The maximum Gasteiger partial charge on any atom is 0.144 e. The van der Waals surface area contributed by atoms with Crippen molar-refractivity contribution in [3.63, 3.8) is 0 Å². The van der Waals surface area contributed by atoms with E-state index in [4.69, 9.17) is 8.83 Å². The highest BCUT2D eigenvalue weighted by Crippen LogP contribution is 2.48. The van der Waals surface area contributed by atoms with E-state index in [-0.39, 0.29) is 0 Å². The van der Waals surface area contributed by atoms with Gasteiger partial charge in [-0.2, -0.15) is 0 Å². The topological polar surface area (TPSA) is 29.5 Å². The van der Waals surface area contributed by atoms with E-state index in [1.54, 1.807) is 0 Å². The fourth-order valence-corrected chi connectivity index (χ4v) is 9.10. The second kappa shape index (κ2) is 11.5. The molecule has 4 heteroatoms. The van der Waals surface area contributed by atoms with Crippen LogP contribution in [0.3, 0.4) is 0 Å². The molecule has 0 unspecified atom stereocenters. The predicted molar refractivity (Wildman–Crippen MR) is 219 cm³/mol. The molecule has 3 heterocycles. The van der Waals surface area contributed by atoms with Gasteiger partial charge in [0.05, 0.1) is 10.4 Å². The van der Waals surface area contributed by atoms with Gasteiger partial charge in [-0.1, -0.05) is 121 Å². The number of fused-ring (bicyclic) bond motifs is 9. The predicted octanol–water partition coefficient (Wildman–Crippen LogP) is 14.7. The van der Waals surface area contributed by atoms with Gasteiger partial charge in [-0.25, -0.2) is 0 Å². The summed E-state index contributed by atoms with van der Waals surface area (Å²) >= 11 is 1.84. The van der Waals surface area contributed by atoms with Crippen LogP contribution in [-0.2, 0) is 0 Å². The van der Waals surface area contributed by atoms with Crippen molar-refractivity contribution < 1.29 is 8.83 Å². The second-order valence-electron chi connectivity index (χ2n) is 13.2. The fraction of sp³-hybridized carbons (Fsp3) is 0. The molecule has 0 aliphatic carbocycles. The largest absolute Gasteiger partial charge is 0.456 e. The molecule has 0 aliphatic heterocycles. The summed E-state index contributed by atoms with van der Waals surface area (Å²) in [6.07, 6.45) is 0. The molecule has 0 atom stereocenters. The summed E-state index contributed by atoms with van der Waals surface area (Å²) in [5.74, 6) is 0. The first-order chi connectivity index (χ1) is 25.8. The van der Waals surface area contributed by atoms with Crippen LogP contribution in [0.2, 0.25) is 0 Å². The lowest BCUT2D eigenvalue weighted by Crippen LogP contribution is -2.10. The normalized spacial score (nSPS) is 11.8. The maximum atomic E-state index is 6.83. The average Bonchev–Trinajstić information content (AvgIpc) is 3.89. The molecular formula is C48H29NO2S. The number of furan rings is 2. The lowest BCUT2D eigenvalue weighted by Gasteiger charge is -2.26. The van der Waals surface area contributed by atoms with Gasteiger partial charge in [-0.3, -0.25) is 0 Å². The number of thiophene rings is 1. The third-order valence-corrected chi connectivity index (χ3v) is 11.5. The van der Waals surface area contributed by atoms with E-state index in [0.717, 1.165) is 72.1 Å². The van der Waals surface area contributed by atoms with Gasteiger partial charge in [0.15, 0.2) is 0 Å². The molecule has 52 heavy (non-hydrogen) atoms. The minimum atomic E-state index is 0.840. The number of rotatable bonds is 5. The van der Waals surface area contributed by atoms with E-state index in [9.17, 15) is 0 Å². The monoisotopic (exact) mass is 683 g/mol. The molecule has 11 rings (SSSR count). The van der Waals surface area contributed by atoms with Gasteiger partial charge in [0.1, 0.15) is 22.3 Å². The minimum Gasteiger partial charge on any atom is -0.456 e. The van der Waals surface area contributed by atoms with E-state index in [2.05, 4.69) is 169 Å². The van der Waals surface area contributed by atoms with Gasteiger partial charge >= 0.3 is 0 Å². The average molecular weight is 684 g/mol. The summed E-state index contributed by atoms with van der Waals surface area (Å²) in [6.45, 7) is 0. The van der Waals surface area contributed by atoms with Gasteiger partial charge in [0, 0.05) is 54.0 Å². The standard InChI is InChI=1S/C48H29NO2S/c1-3-12-30(13-4-1)31-22-24-33(25-23-31)49(40-19-11-18-36-35-16-8-10-21-44(35)52-48(36)40)34-26-27-42-38(28-34)39-29-43-46(37-17-7-9-20-41(37)50-43)45(47(39)51-42)32-14-5-2-6-15-32/h1-29H. The molecule has 0 amide bonds. The summed E-state index contributed by atoms with van der Waals surface area (Å²) in [7, 11) is 0. The molecule has 0 fully saturated rings.